The number of likely N-dealkylation sites (N-methyl/N-ethyl adjacent to an activating group) is 1. The van der Waals surface area contributed by atoms with Crippen molar-refractivity contribution in [2.24, 2.45) is 4.99 Å². The number of hydrogen-bond acceptors (Lipinski definition) is 4. The summed E-state index contributed by atoms with van der Waals surface area (Å²) < 4.78 is 25.4. The molecule has 1 saturated heterocycles. The normalized spacial score (nSPS) is 30.5. The van der Waals surface area contributed by atoms with E-state index in [1.165, 1.54) is 6.42 Å². The van der Waals surface area contributed by atoms with E-state index in [2.05, 4.69) is 23.0 Å². The molecule has 0 aliphatic carbocycles. The first-order valence-corrected chi connectivity index (χ1v) is 8.91. The summed E-state index contributed by atoms with van der Waals surface area (Å²) in [7, 11) is -1.29. The van der Waals surface area contributed by atoms with Crippen LogP contribution in [0.5, 0.6) is 0 Å². The zero-order valence-corrected chi connectivity index (χ0v) is 12.8. The summed E-state index contributed by atoms with van der Waals surface area (Å²) in [6.45, 7) is 0. The average molecular weight is 302 g/mol. The summed E-state index contributed by atoms with van der Waals surface area (Å²) in [5.41, 5.74) is 1.50. The van der Waals surface area contributed by atoms with Gasteiger partial charge < -0.3 is 0 Å². The van der Waals surface area contributed by atoms with Gasteiger partial charge in [0, 0.05) is 12.1 Å². The van der Waals surface area contributed by atoms with E-state index in [0.717, 1.165) is 24.8 Å². The Hall–Kier alpha value is -1.46. The molecule has 2 unspecified atom stereocenters. The van der Waals surface area contributed by atoms with Crippen molar-refractivity contribution in [1.29, 1.82) is 0 Å². The lowest BCUT2D eigenvalue weighted by Crippen LogP contribution is -2.46. The molecule has 0 amide bonds. The van der Waals surface area contributed by atoms with Crippen LogP contribution < -0.4 is 0 Å². The fourth-order valence-electron chi connectivity index (χ4n) is 3.70. The Morgan fingerprint density at radius 2 is 2.05 bits per heavy atom. The van der Waals surface area contributed by atoms with Gasteiger partial charge in [0.05, 0.1) is 10.6 Å². The molecule has 1 aromatic carbocycles. The molecular formula is C16H18N2O2S. The van der Waals surface area contributed by atoms with Crippen molar-refractivity contribution in [3.8, 4) is 0 Å². The maximum absolute atomic E-state index is 12.7. The Kier molecular flexibility index (Phi) is 2.84. The van der Waals surface area contributed by atoms with Crippen LogP contribution in [0.25, 0.3) is 0 Å². The predicted octanol–water partition coefficient (Wildman–Crippen LogP) is 2.69. The number of hydrogen-bond donors (Lipinski definition) is 0. The van der Waals surface area contributed by atoms with Gasteiger partial charge in [-0.15, -0.1) is 0 Å². The molecule has 110 valence electrons. The van der Waals surface area contributed by atoms with Gasteiger partial charge in [0.1, 0.15) is 0 Å². The molecule has 0 radical (unpaired) electrons. The van der Waals surface area contributed by atoms with Gasteiger partial charge in [-0.05, 0) is 44.0 Å². The fraction of sp³-hybridized carbons (Fsp3) is 0.438. The van der Waals surface area contributed by atoms with Gasteiger partial charge in [0.25, 0.3) is 0 Å². The monoisotopic (exact) mass is 302 g/mol. The zero-order chi connectivity index (χ0) is 14.6. The maximum Gasteiger partial charge on any atom is 0.226 e. The molecule has 21 heavy (non-hydrogen) atoms. The van der Waals surface area contributed by atoms with Gasteiger partial charge in [-0.3, -0.25) is 4.90 Å². The Balaban J connectivity index is 1.79. The first-order chi connectivity index (χ1) is 10.1. The molecule has 0 saturated carbocycles. The van der Waals surface area contributed by atoms with Crippen molar-refractivity contribution >= 4 is 20.6 Å². The summed E-state index contributed by atoms with van der Waals surface area (Å²) >= 11 is 0. The number of piperidine rings is 1. The summed E-state index contributed by atoms with van der Waals surface area (Å²) in [5, 5.41) is 0.286. The van der Waals surface area contributed by atoms with E-state index in [9.17, 15) is 8.42 Å². The second-order valence-corrected chi connectivity index (χ2v) is 7.94. The minimum absolute atomic E-state index is 0.286. The van der Waals surface area contributed by atoms with Gasteiger partial charge in [-0.2, -0.15) is 0 Å². The van der Waals surface area contributed by atoms with Crippen LogP contribution in [0.2, 0.25) is 0 Å². The third-order valence-electron chi connectivity index (χ3n) is 4.89. The molecule has 1 aromatic rings. The number of nitrogens with zero attached hydrogens (tertiary/aromatic N) is 2. The molecule has 2 atom stereocenters. The highest BCUT2D eigenvalue weighted by atomic mass is 32.2. The molecule has 5 heteroatoms. The van der Waals surface area contributed by atoms with Crippen LogP contribution in [0.4, 0.5) is 5.69 Å². The molecule has 0 spiro atoms. The average Bonchev–Trinajstić information content (AvgIpc) is 2.71. The lowest BCUT2D eigenvalue weighted by atomic mass is 9.86. The molecule has 1 fully saturated rings. The molecule has 0 N–H and O–H groups in total. The molecule has 2 bridgehead atoms. The number of sulfone groups is 1. The number of fused-ring (bicyclic) bond motifs is 3. The quantitative estimate of drug-likeness (QED) is 0.801. The van der Waals surface area contributed by atoms with Crippen molar-refractivity contribution in [2.75, 3.05) is 7.05 Å². The van der Waals surface area contributed by atoms with Gasteiger partial charge in [0.15, 0.2) is 5.04 Å². The molecular weight excluding hydrogens is 284 g/mol. The standard InChI is InChI=1S/C16H18N2O2S/c1-18-12-5-4-6-13(18)10-11(9-12)16-17-14-7-2-3-8-15(14)21(16,19)20/h2-3,7-9,12-13H,4-6,10H2,1H3. The third-order valence-corrected chi connectivity index (χ3v) is 6.68. The highest BCUT2D eigenvalue weighted by Crippen LogP contribution is 2.39. The number of para-hydroxylation sites is 1. The lowest BCUT2D eigenvalue weighted by Gasteiger charge is -2.42. The predicted molar refractivity (Wildman–Crippen MR) is 82.6 cm³/mol. The van der Waals surface area contributed by atoms with Crippen LogP contribution in [0.1, 0.15) is 25.7 Å². The Morgan fingerprint density at radius 3 is 2.81 bits per heavy atom. The highest BCUT2D eigenvalue weighted by molar-refractivity contribution is 8.07. The molecule has 4 rings (SSSR count). The summed E-state index contributed by atoms with van der Waals surface area (Å²) in [6, 6.07) is 7.82. The zero-order valence-electron chi connectivity index (χ0n) is 12.0. The second-order valence-electron chi connectivity index (χ2n) is 6.10. The van der Waals surface area contributed by atoms with Gasteiger partial charge in [0.2, 0.25) is 9.84 Å². The van der Waals surface area contributed by atoms with Crippen molar-refractivity contribution in [1.82, 2.24) is 4.90 Å². The van der Waals surface area contributed by atoms with E-state index in [4.69, 9.17) is 0 Å². The largest absolute Gasteiger partial charge is 0.297 e. The molecule has 3 aliphatic heterocycles. The molecule has 4 nitrogen and oxygen atoms in total. The fourth-order valence-corrected chi connectivity index (χ4v) is 5.27. The van der Waals surface area contributed by atoms with Gasteiger partial charge in [-0.1, -0.05) is 24.6 Å². The van der Waals surface area contributed by atoms with Crippen LogP contribution in [0.15, 0.2) is 45.8 Å². The van der Waals surface area contributed by atoms with Gasteiger partial charge >= 0.3 is 0 Å². The van der Waals surface area contributed by atoms with Crippen LogP contribution in [0, 0.1) is 0 Å². The summed E-state index contributed by atoms with van der Waals surface area (Å²) in [6.07, 6.45) is 6.39. The minimum atomic E-state index is -3.43. The SMILES string of the molecule is CN1C2C=C(C3=Nc4ccccc4S3(=O)=O)CC1CCC2. The molecule has 0 aromatic heterocycles. The molecule has 3 heterocycles. The lowest BCUT2D eigenvalue weighted by molar-refractivity contribution is 0.132. The summed E-state index contributed by atoms with van der Waals surface area (Å²) in [5.74, 6) is 0. The number of benzene rings is 1. The van der Waals surface area contributed by atoms with Gasteiger partial charge in [-0.25, -0.2) is 13.4 Å². The van der Waals surface area contributed by atoms with Crippen molar-refractivity contribution in [3.63, 3.8) is 0 Å². The first kappa shape index (κ1) is 13.2. The second kappa shape index (κ2) is 4.52. The van der Waals surface area contributed by atoms with Crippen molar-refractivity contribution < 1.29 is 8.42 Å². The van der Waals surface area contributed by atoms with Crippen molar-refractivity contribution in [3.05, 3.63) is 35.9 Å². The maximum atomic E-state index is 12.7. The first-order valence-electron chi connectivity index (χ1n) is 7.43. The number of aliphatic imine (C=N–C) groups is 1. The Labute approximate surface area is 125 Å². The van der Waals surface area contributed by atoms with E-state index in [-0.39, 0.29) is 5.04 Å². The smallest absolute Gasteiger partial charge is 0.226 e. The van der Waals surface area contributed by atoms with E-state index in [0.29, 0.717) is 22.7 Å². The van der Waals surface area contributed by atoms with E-state index < -0.39 is 9.84 Å². The summed E-state index contributed by atoms with van der Waals surface area (Å²) in [4.78, 5) is 7.15. The Morgan fingerprint density at radius 1 is 1.24 bits per heavy atom. The van der Waals surface area contributed by atoms with Crippen molar-refractivity contribution in [2.45, 2.75) is 42.7 Å². The van der Waals surface area contributed by atoms with Crippen LogP contribution in [-0.4, -0.2) is 37.5 Å². The number of rotatable bonds is 1. The van der Waals surface area contributed by atoms with Crippen LogP contribution >= 0.6 is 0 Å². The topological polar surface area (TPSA) is 49.7 Å². The van der Waals surface area contributed by atoms with Crippen LogP contribution in [0.3, 0.4) is 0 Å². The van der Waals surface area contributed by atoms with E-state index in [1.807, 2.05) is 6.07 Å². The highest BCUT2D eigenvalue weighted by Gasteiger charge is 2.39. The van der Waals surface area contributed by atoms with E-state index in [1.54, 1.807) is 18.2 Å². The third kappa shape index (κ3) is 1.91. The Bertz CT molecular complexity index is 764. The minimum Gasteiger partial charge on any atom is -0.297 e. The van der Waals surface area contributed by atoms with E-state index >= 15 is 0 Å². The molecule has 3 aliphatic rings. The van der Waals surface area contributed by atoms with Crippen LogP contribution in [-0.2, 0) is 9.84 Å².